The molecule has 4 nitrogen and oxygen atoms in total. The lowest BCUT2D eigenvalue weighted by atomic mass is 10.2. The summed E-state index contributed by atoms with van der Waals surface area (Å²) in [6.07, 6.45) is 0. The number of aliphatic hydroxyl groups is 1. The quantitative estimate of drug-likeness (QED) is 0.853. The van der Waals surface area contributed by atoms with E-state index in [1.807, 2.05) is 17.7 Å². The van der Waals surface area contributed by atoms with Gasteiger partial charge in [-0.1, -0.05) is 23.2 Å². The van der Waals surface area contributed by atoms with Gasteiger partial charge in [0.1, 0.15) is 4.90 Å². The Morgan fingerprint density at radius 3 is 2.48 bits per heavy atom. The number of aryl methyl sites for hydroxylation is 1. The van der Waals surface area contributed by atoms with E-state index in [-0.39, 0.29) is 28.1 Å². The summed E-state index contributed by atoms with van der Waals surface area (Å²) in [4.78, 5) is -0.0921. The summed E-state index contributed by atoms with van der Waals surface area (Å²) < 4.78 is 27.1. The summed E-state index contributed by atoms with van der Waals surface area (Å²) in [5.74, 6) is 0. The highest BCUT2D eigenvalue weighted by Crippen LogP contribution is 2.29. The minimum Gasteiger partial charge on any atom is -0.392 e. The van der Waals surface area contributed by atoms with E-state index < -0.39 is 10.0 Å². The third-order valence-corrected chi connectivity index (χ3v) is 6.10. The zero-order chi connectivity index (χ0) is 15.6. The molecule has 0 atom stereocenters. The Bertz CT molecular complexity index is 757. The first-order valence-corrected chi connectivity index (χ1v) is 9.13. The number of halogens is 2. The van der Waals surface area contributed by atoms with Gasteiger partial charge in [-0.3, -0.25) is 0 Å². The van der Waals surface area contributed by atoms with Crippen molar-refractivity contribution in [2.75, 3.05) is 0 Å². The molecule has 0 saturated carbocycles. The van der Waals surface area contributed by atoms with E-state index in [0.717, 1.165) is 11.1 Å². The maximum atomic E-state index is 12.3. The third-order valence-electron chi connectivity index (χ3n) is 2.98. The Morgan fingerprint density at radius 1 is 1.19 bits per heavy atom. The van der Waals surface area contributed by atoms with Gasteiger partial charge < -0.3 is 5.11 Å². The SMILES string of the molecule is Cc1cscc1CNS(=O)(=O)c1cc(CO)c(Cl)cc1Cl. The van der Waals surface area contributed by atoms with E-state index in [1.54, 1.807) is 0 Å². The standard InChI is InChI=1S/C13H13Cl2NO3S2/c1-8-6-20-7-10(8)4-16-21(18,19)13-2-9(5-17)11(14)3-12(13)15/h2-3,6-7,16-17H,4-5H2,1H3. The molecule has 0 bridgehead atoms. The van der Waals surface area contributed by atoms with Crippen molar-refractivity contribution in [3.8, 4) is 0 Å². The minimum absolute atomic E-state index is 0.0201. The van der Waals surface area contributed by atoms with Crippen LogP contribution in [0.4, 0.5) is 0 Å². The Morgan fingerprint density at radius 2 is 1.90 bits per heavy atom. The fraction of sp³-hybridized carbons (Fsp3) is 0.231. The van der Waals surface area contributed by atoms with Crippen molar-refractivity contribution in [2.45, 2.75) is 25.0 Å². The summed E-state index contributed by atoms with van der Waals surface area (Å²) in [5, 5.41) is 13.3. The van der Waals surface area contributed by atoms with Gasteiger partial charge >= 0.3 is 0 Å². The fourth-order valence-corrected chi connectivity index (χ4v) is 4.44. The number of sulfonamides is 1. The second kappa shape index (κ2) is 6.64. The van der Waals surface area contributed by atoms with Gasteiger partial charge in [-0.25, -0.2) is 13.1 Å². The van der Waals surface area contributed by atoms with Gasteiger partial charge in [0.25, 0.3) is 0 Å². The molecule has 21 heavy (non-hydrogen) atoms. The van der Waals surface area contributed by atoms with Crippen molar-refractivity contribution in [1.29, 1.82) is 0 Å². The molecule has 8 heteroatoms. The first-order valence-electron chi connectivity index (χ1n) is 5.95. The lowest BCUT2D eigenvalue weighted by Crippen LogP contribution is -2.23. The Hall–Kier alpha value is -0.630. The lowest BCUT2D eigenvalue weighted by Gasteiger charge is -2.11. The monoisotopic (exact) mass is 365 g/mol. The highest BCUT2D eigenvalue weighted by molar-refractivity contribution is 7.89. The molecule has 0 aliphatic rings. The molecule has 114 valence electrons. The van der Waals surface area contributed by atoms with E-state index in [9.17, 15) is 13.5 Å². The van der Waals surface area contributed by atoms with Crippen LogP contribution in [0.1, 0.15) is 16.7 Å². The van der Waals surface area contributed by atoms with Crippen LogP contribution in [-0.4, -0.2) is 13.5 Å². The molecule has 0 amide bonds. The fourth-order valence-electron chi connectivity index (χ4n) is 1.72. The number of thiophene rings is 1. The average molecular weight is 366 g/mol. The predicted octanol–water partition coefficient (Wildman–Crippen LogP) is 3.33. The largest absolute Gasteiger partial charge is 0.392 e. The molecule has 1 aromatic heterocycles. The third kappa shape index (κ3) is 3.77. The van der Waals surface area contributed by atoms with E-state index in [0.29, 0.717) is 5.56 Å². The van der Waals surface area contributed by atoms with E-state index >= 15 is 0 Å². The van der Waals surface area contributed by atoms with Crippen LogP contribution >= 0.6 is 34.5 Å². The van der Waals surface area contributed by atoms with Gasteiger partial charge in [0.15, 0.2) is 0 Å². The number of aliphatic hydroxyl groups excluding tert-OH is 1. The number of rotatable bonds is 5. The molecule has 0 aliphatic carbocycles. The van der Waals surface area contributed by atoms with Crippen molar-refractivity contribution in [3.63, 3.8) is 0 Å². The van der Waals surface area contributed by atoms with Crippen LogP contribution in [0.2, 0.25) is 10.0 Å². The van der Waals surface area contributed by atoms with Crippen molar-refractivity contribution < 1.29 is 13.5 Å². The van der Waals surface area contributed by atoms with Crippen LogP contribution in [0.3, 0.4) is 0 Å². The van der Waals surface area contributed by atoms with Gasteiger partial charge in [-0.2, -0.15) is 11.3 Å². The van der Waals surface area contributed by atoms with E-state index in [2.05, 4.69) is 4.72 Å². The first-order chi connectivity index (χ1) is 9.85. The van der Waals surface area contributed by atoms with Gasteiger partial charge in [0.2, 0.25) is 10.0 Å². The van der Waals surface area contributed by atoms with E-state index in [4.69, 9.17) is 23.2 Å². The molecule has 2 N–H and O–H groups in total. The van der Waals surface area contributed by atoms with Crippen LogP contribution in [-0.2, 0) is 23.2 Å². The van der Waals surface area contributed by atoms with Crippen molar-refractivity contribution in [2.24, 2.45) is 0 Å². The van der Waals surface area contributed by atoms with Crippen molar-refractivity contribution >= 4 is 44.6 Å². The maximum absolute atomic E-state index is 12.3. The Kier molecular flexibility index (Phi) is 5.29. The highest BCUT2D eigenvalue weighted by atomic mass is 35.5. The molecule has 0 unspecified atom stereocenters. The lowest BCUT2D eigenvalue weighted by molar-refractivity contribution is 0.281. The molecular weight excluding hydrogens is 353 g/mol. The number of hydrogen-bond acceptors (Lipinski definition) is 4. The summed E-state index contributed by atoms with van der Waals surface area (Å²) in [7, 11) is -3.78. The molecule has 0 fully saturated rings. The maximum Gasteiger partial charge on any atom is 0.242 e. The molecule has 2 rings (SSSR count). The van der Waals surface area contributed by atoms with Crippen LogP contribution in [0.25, 0.3) is 0 Å². The zero-order valence-corrected chi connectivity index (χ0v) is 14.2. The molecule has 1 aromatic carbocycles. The Labute approximate surface area is 137 Å². The Balaban J connectivity index is 2.29. The first kappa shape index (κ1) is 16.7. The molecule has 2 aromatic rings. The molecule has 0 radical (unpaired) electrons. The highest BCUT2D eigenvalue weighted by Gasteiger charge is 2.20. The summed E-state index contributed by atoms with van der Waals surface area (Å²) >= 11 is 13.3. The second-order valence-corrected chi connectivity index (χ2v) is 7.73. The molecular formula is C13H13Cl2NO3S2. The predicted molar refractivity (Wildman–Crippen MR) is 85.5 cm³/mol. The van der Waals surface area contributed by atoms with Gasteiger partial charge in [-0.15, -0.1) is 0 Å². The van der Waals surface area contributed by atoms with Crippen LogP contribution in [0.5, 0.6) is 0 Å². The minimum atomic E-state index is -3.78. The smallest absolute Gasteiger partial charge is 0.242 e. The second-order valence-electron chi connectivity index (χ2n) is 4.44. The zero-order valence-electron chi connectivity index (χ0n) is 11.1. The van der Waals surface area contributed by atoms with Crippen molar-refractivity contribution in [3.05, 3.63) is 49.6 Å². The summed E-state index contributed by atoms with van der Waals surface area (Å²) in [5.41, 5.74) is 2.25. The van der Waals surface area contributed by atoms with Crippen LogP contribution < -0.4 is 4.72 Å². The number of benzene rings is 1. The molecule has 0 aliphatic heterocycles. The summed E-state index contributed by atoms with van der Waals surface area (Å²) in [6, 6.07) is 2.60. The van der Waals surface area contributed by atoms with Gasteiger partial charge in [0, 0.05) is 11.6 Å². The average Bonchev–Trinajstić information content (AvgIpc) is 2.82. The topological polar surface area (TPSA) is 66.4 Å². The number of hydrogen-bond donors (Lipinski definition) is 2. The number of nitrogens with one attached hydrogen (secondary N) is 1. The van der Waals surface area contributed by atoms with Crippen molar-refractivity contribution in [1.82, 2.24) is 4.72 Å². The molecule has 0 saturated heterocycles. The molecule has 1 heterocycles. The van der Waals surface area contributed by atoms with Crippen LogP contribution in [0.15, 0.2) is 27.8 Å². The van der Waals surface area contributed by atoms with E-state index in [1.165, 1.54) is 23.5 Å². The van der Waals surface area contributed by atoms with Crippen LogP contribution in [0, 0.1) is 6.92 Å². The normalized spacial score (nSPS) is 11.8. The molecule has 0 spiro atoms. The van der Waals surface area contributed by atoms with Gasteiger partial charge in [0.05, 0.1) is 11.6 Å². The van der Waals surface area contributed by atoms with Gasteiger partial charge in [-0.05, 0) is 46.5 Å². The summed E-state index contributed by atoms with van der Waals surface area (Å²) in [6.45, 7) is 1.74.